The highest BCUT2D eigenvalue weighted by Gasteiger charge is 2.08. The quantitative estimate of drug-likeness (QED) is 0.783. The molecule has 0 spiro atoms. The van der Waals surface area contributed by atoms with Crippen LogP contribution in [0.3, 0.4) is 0 Å². The topological polar surface area (TPSA) is 78.9 Å². The van der Waals surface area contributed by atoms with Gasteiger partial charge in [-0.25, -0.2) is 4.68 Å². The second-order valence-electron chi connectivity index (χ2n) is 3.57. The largest absolute Gasteiger partial charge is 0.496 e. The van der Waals surface area contributed by atoms with Gasteiger partial charge in [-0.15, -0.1) is 5.10 Å². The second-order valence-corrected chi connectivity index (χ2v) is 4.52. The van der Waals surface area contributed by atoms with Crippen LogP contribution in [0.1, 0.15) is 5.56 Å². The predicted molar refractivity (Wildman–Crippen MR) is 69.4 cm³/mol. The van der Waals surface area contributed by atoms with Crippen molar-refractivity contribution in [1.82, 2.24) is 20.2 Å². The number of methoxy groups -OCH3 is 1. The Morgan fingerprint density at radius 3 is 3.00 bits per heavy atom. The summed E-state index contributed by atoms with van der Waals surface area (Å²) in [5.41, 5.74) is 6.61. The monoisotopic (exact) mass is 265 g/mol. The number of aromatic nitrogens is 4. The first-order chi connectivity index (χ1) is 8.85. The summed E-state index contributed by atoms with van der Waals surface area (Å²) in [6.07, 6.45) is 0. The van der Waals surface area contributed by atoms with Gasteiger partial charge in [-0.05, 0) is 16.5 Å². The molecule has 1 heterocycles. The van der Waals surface area contributed by atoms with E-state index >= 15 is 0 Å². The summed E-state index contributed by atoms with van der Waals surface area (Å²) in [4.78, 5) is 0. The smallest absolute Gasteiger partial charge is 0.209 e. The molecular formula is C11H15N5OS. The Morgan fingerprint density at radius 1 is 1.39 bits per heavy atom. The van der Waals surface area contributed by atoms with Crippen molar-refractivity contribution in [3.05, 3.63) is 29.8 Å². The van der Waals surface area contributed by atoms with E-state index in [2.05, 4.69) is 15.5 Å². The first-order valence-corrected chi connectivity index (χ1v) is 6.54. The Balaban J connectivity index is 2.04. The molecule has 0 saturated carbocycles. The number of nitrogens with two attached hydrogens (primary N) is 1. The molecule has 6 nitrogen and oxygen atoms in total. The third kappa shape index (κ3) is 2.99. The molecule has 0 fully saturated rings. The number of ether oxygens (including phenoxy) is 1. The van der Waals surface area contributed by atoms with Crippen LogP contribution in [-0.2, 0) is 12.3 Å². The third-order valence-corrected chi connectivity index (χ3v) is 3.40. The van der Waals surface area contributed by atoms with Gasteiger partial charge in [-0.1, -0.05) is 30.0 Å². The maximum Gasteiger partial charge on any atom is 0.209 e. The Bertz CT molecular complexity index is 502. The summed E-state index contributed by atoms with van der Waals surface area (Å²) in [6, 6.07) is 7.91. The van der Waals surface area contributed by atoms with Crippen molar-refractivity contribution in [2.45, 2.75) is 17.5 Å². The summed E-state index contributed by atoms with van der Waals surface area (Å²) in [6.45, 7) is 1.15. The zero-order chi connectivity index (χ0) is 12.8. The van der Waals surface area contributed by atoms with Crippen LogP contribution in [-0.4, -0.2) is 33.9 Å². The molecule has 2 rings (SSSR count). The lowest BCUT2D eigenvalue weighted by atomic mass is 10.2. The lowest BCUT2D eigenvalue weighted by Gasteiger charge is -2.07. The van der Waals surface area contributed by atoms with E-state index in [1.165, 1.54) is 0 Å². The number of hydrogen-bond donors (Lipinski definition) is 1. The Kier molecular flexibility index (Phi) is 4.54. The number of para-hydroxylation sites is 1. The van der Waals surface area contributed by atoms with Crippen molar-refractivity contribution in [1.29, 1.82) is 0 Å². The molecule has 0 unspecified atom stereocenters. The van der Waals surface area contributed by atoms with E-state index in [4.69, 9.17) is 10.5 Å². The standard InChI is InChI=1S/C11H15N5OS/c1-17-10-5-3-2-4-9(10)8-18-11-13-14-15-16(11)7-6-12/h2-5H,6-8,12H2,1H3. The molecule has 0 aliphatic heterocycles. The van der Waals surface area contributed by atoms with Gasteiger partial charge < -0.3 is 10.5 Å². The minimum absolute atomic E-state index is 0.521. The van der Waals surface area contributed by atoms with Crippen LogP contribution < -0.4 is 10.5 Å². The minimum atomic E-state index is 0.521. The number of rotatable bonds is 6. The van der Waals surface area contributed by atoms with Crippen LogP contribution in [0.4, 0.5) is 0 Å². The molecule has 0 aliphatic carbocycles. The van der Waals surface area contributed by atoms with Crippen LogP contribution in [0.15, 0.2) is 29.4 Å². The van der Waals surface area contributed by atoms with Crippen molar-refractivity contribution >= 4 is 11.8 Å². The fourth-order valence-corrected chi connectivity index (χ4v) is 2.42. The number of thioether (sulfide) groups is 1. The second kappa shape index (κ2) is 6.36. The average molecular weight is 265 g/mol. The van der Waals surface area contributed by atoms with Crippen molar-refractivity contribution in [3.63, 3.8) is 0 Å². The van der Waals surface area contributed by atoms with Crippen LogP contribution in [0.2, 0.25) is 0 Å². The van der Waals surface area contributed by atoms with Crippen molar-refractivity contribution in [3.8, 4) is 5.75 Å². The molecule has 0 aliphatic rings. The van der Waals surface area contributed by atoms with Gasteiger partial charge in [0.05, 0.1) is 13.7 Å². The van der Waals surface area contributed by atoms with E-state index in [-0.39, 0.29) is 0 Å². The van der Waals surface area contributed by atoms with E-state index in [1.54, 1.807) is 23.6 Å². The van der Waals surface area contributed by atoms with Crippen LogP contribution in [0, 0.1) is 0 Å². The van der Waals surface area contributed by atoms with E-state index in [1.807, 2.05) is 24.3 Å². The molecule has 1 aromatic carbocycles. The van der Waals surface area contributed by atoms with E-state index in [0.717, 1.165) is 22.2 Å². The van der Waals surface area contributed by atoms with Gasteiger partial charge in [-0.3, -0.25) is 0 Å². The molecule has 7 heteroatoms. The molecule has 0 atom stereocenters. The highest BCUT2D eigenvalue weighted by molar-refractivity contribution is 7.98. The normalized spacial score (nSPS) is 10.6. The van der Waals surface area contributed by atoms with Gasteiger partial charge in [0.25, 0.3) is 0 Å². The lowest BCUT2D eigenvalue weighted by molar-refractivity contribution is 0.411. The summed E-state index contributed by atoms with van der Waals surface area (Å²) in [5, 5.41) is 12.3. The first kappa shape index (κ1) is 12.8. The number of hydrogen-bond acceptors (Lipinski definition) is 6. The Morgan fingerprint density at radius 2 is 2.22 bits per heavy atom. The number of benzene rings is 1. The van der Waals surface area contributed by atoms with Crippen molar-refractivity contribution in [2.24, 2.45) is 5.73 Å². The summed E-state index contributed by atoms with van der Waals surface area (Å²) >= 11 is 1.57. The number of tetrazole rings is 1. The van der Waals surface area contributed by atoms with Crippen LogP contribution in [0.5, 0.6) is 5.75 Å². The maximum absolute atomic E-state index is 5.50. The molecule has 0 radical (unpaired) electrons. The lowest BCUT2D eigenvalue weighted by Crippen LogP contribution is -2.12. The first-order valence-electron chi connectivity index (χ1n) is 5.56. The maximum atomic E-state index is 5.50. The highest BCUT2D eigenvalue weighted by atomic mass is 32.2. The minimum Gasteiger partial charge on any atom is -0.496 e. The molecule has 0 amide bonds. The SMILES string of the molecule is COc1ccccc1CSc1nnnn1CCN. The zero-order valence-corrected chi connectivity index (χ0v) is 10.9. The molecule has 0 saturated heterocycles. The van der Waals surface area contributed by atoms with Gasteiger partial charge in [0.15, 0.2) is 0 Å². The van der Waals surface area contributed by atoms with Gasteiger partial charge in [-0.2, -0.15) is 0 Å². The van der Waals surface area contributed by atoms with Gasteiger partial charge in [0.1, 0.15) is 5.75 Å². The van der Waals surface area contributed by atoms with Crippen LogP contribution in [0.25, 0.3) is 0 Å². The fraction of sp³-hybridized carbons (Fsp3) is 0.364. The van der Waals surface area contributed by atoms with E-state index in [0.29, 0.717) is 13.1 Å². The molecule has 18 heavy (non-hydrogen) atoms. The van der Waals surface area contributed by atoms with Gasteiger partial charge >= 0.3 is 0 Å². The van der Waals surface area contributed by atoms with Crippen molar-refractivity contribution < 1.29 is 4.74 Å². The summed E-state index contributed by atoms with van der Waals surface area (Å²) in [7, 11) is 1.67. The molecule has 2 aromatic rings. The average Bonchev–Trinajstić information content (AvgIpc) is 2.84. The molecule has 96 valence electrons. The summed E-state index contributed by atoms with van der Waals surface area (Å²) in [5.74, 6) is 1.64. The molecular weight excluding hydrogens is 250 g/mol. The van der Waals surface area contributed by atoms with Crippen LogP contribution >= 0.6 is 11.8 Å². The Hall–Kier alpha value is -1.60. The third-order valence-electron chi connectivity index (χ3n) is 2.39. The van der Waals surface area contributed by atoms with E-state index in [9.17, 15) is 0 Å². The van der Waals surface area contributed by atoms with Gasteiger partial charge in [0, 0.05) is 17.9 Å². The summed E-state index contributed by atoms with van der Waals surface area (Å²) < 4.78 is 7.01. The van der Waals surface area contributed by atoms with E-state index < -0.39 is 0 Å². The zero-order valence-electron chi connectivity index (χ0n) is 10.1. The Labute approximate surface area is 110 Å². The molecule has 2 N–H and O–H groups in total. The molecule has 1 aromatic heterocycles. The van der Waals surface area contributed by atoms with Crippen molar-refractivity contribution in [2.75, 3.05) is 13.7 Å². The van der Waals surface area contributed by atoms with Gasteiger partial charge in [0.2, 0.25) is 5.16 Å². The predicted octanol–water partition coefficient (Wildman–Crippen LogP) is 0.933. The number of nitrogens with zero attached hydrogens (tertiary/aromatic N) is 4. The fourth-order valence-electron chi connectivity index (χ4n) is 1.53. The molecule has 0 bridgehead atoms. The highest BCUT2D eigenvalue weighted by Crippen LogP contribution is 2.26.